The Morgan fingerprint density at radius 2 is 1.86 bits per heavy atom. The number of hydrogen-bond acceptors (Lipinski definition) is 9. The van der Waals surface area contributed by atoms with Crippen LogP contribution in [0.1, 0.15) is 48.4 Å². The first-order chi connectivity index (χ1) is 20.1. The third-order valence-electron chi connectivity index (χ3n) is 8.18. The number of carbonyl (C=O) groups is 1. The summed E-state index contributed by atoms with van der Waals surface area (Å²) in [6, 6.07) is 12.0. The lowest BCUT2D eigenvalue weighted by molar-refractivity contribution is -0.123. The van der Waals surface area contributed by atoms with Crippen LogP contribution in [0.4, 0.5) is 5.82 Å². The first-order valence-corrected chi connectivity index (χ1v) is 17.3. The summed E-state index contributed by atoms with van der Waals surface area (Å²) in [5.74, 6) is 0.347. The van der Waals surface area contributed by atoms with Crippen molar-refractivity contribution in [2.75, 3.05) is 42.6 Å². The van der Waals surface area contributed by atoms with Crippen molar-refractivity contribution >= 4 is 55.9 Å². The molecule has 0 radical (unpaired) electrons. The van der Waals surface area contributed by atoms with Gasteiger partial charge in [0.05, 0.1) is 22.5 Å². The molecule has 12 heteroatoms. The molecular formula is C30H35N5O4S3. The second-order valence-electron chi connectivity index (χ2n) is 11.0. The van der Waals surface area contributed by atoms with E-state index in [4.69, 9.17) is 12.2 Å². The van der Waals surface area contributed by atoms with Crippen LogP contribution in [-0.4, -0.2) is 76.7 Å². The highest BCUT2D eigenvalue weighted by Gasteiger charge is 2.42. The van der Waals surface area contributed by atoms with E-state index in [9.17, 15) is 23.3 Å². The van der Waals surface area contributed by atoms with Crippen LogP contribution in [0.2, 0.25) is 0 Å². The van der Waals surface area contributed by atoms with Gasteiger partial charge < -0.3 is 4.90 Å². The van der Waals surface area contributed by atoms with Gasteiger partial charge in [-0.05, 0) is 37.0 Å². The minimum Gasteiger partial charge on any atom is -0.355 e. The molecule has 222 valence electrons. The van der Waals surface area contributed by atoms with Crippen molar-refractivity contribution < 1.29 is 13.2 Å². The fraction of sp³-hybridized carbons (Fsp3) is 0.467. The lowest BCUT2D eigenvalue weighted by Gasteiger charge is -2.38. The number of anilines is 1. The van der Waals surface area contributed by atoms with Crippen molar-refractivity contribution in [1.82, 2.24) is 14.4 Å². The number of thiocarbonyl (C=S) groups is 1. The number of pyridine rings is 1. The predicted octanol–water partition coefficient (Wildman–Crippen LogP) is 3.54. The molecule has 1 aromatic heterocycles. The van der Waals surface area contributed by atoms with Crippen molar-refractivity contribution in [3.63, 3.8) is 0 Å². The van der Waals surface area contributed by atoms with Crippen molar-refractivity contribution in [3.8, 4) is 6.07 Å². The molecule has 0 spiro atoms. The van der Waals surface area contributed by atoms with Gasteiger partial charge in [0.15, 0.2) is 9.84 Å². The number of nitrogens with zero attached hydrogens (tertiary/aromatic N) is 5. The van der Waals surface area contributed by atoms with Crippen LogP contribution in [0.3, 0.4) is 0 Å². The van der Waals surface area contributed by atoms with E-state index in [-0.39, 0.29) is 28.5 Å². The van der Waals surface area contributed by atoms with Gasteiger partial charge in [-0.15, -0.1) is 0 Å². The number of unbranched alkanes of at least 4 members (excludes halogenated alkanes) is 1. The van der Waals surface area contributed by atoms with E-state index in [1.165, 1.54) is 10.5 Å². The molecule has 9 nitrogen and oxygen atoms in total. The van der Waals surface area contributed by atoms with Crippen LogP contribution in [-0.2, 0) is 27.7 Å². The molecule has 0 bridgehead atoms. The Morgan fingerprint density at radius 1 is 1.14 bits per heavy atom. The van der Waals surface area contributed by atoms with Crippen molar-refractivity contribution in [2.24, 2.45) is 0 Å². The van der Waals surface area contributed by atoms with Crippen LogP contribution >= 0.6 is 24.0 Å². The molecule has 1 amide bonds. The number of carbonyl (C=O) groups excluding carboxylic acids is 1. The van der Waals surface area contributed by atoms with E-state index < -0.39 is 15.9 Å². The van der Waals surface area contributed by atoms with Gasteiger partial charge in [-0.3, -0.25) is 24.0 Å². The number of benzene rings is 1. The van der Waals surface area contributed by atoms with Gasteiger partial charge in [0.2, 0.25) is 0 Å². The Hall–Kier alpha value is -2.98. The maximum Gasteiger partial charge on any atom is 0.270 e. The van der Waals surface area contributed by atoms with Crippen molar-refractivity contribution in [3.05, 3.63) is 67.8 Å². The van der Waals surface area contributed by atoms with Crippen LogP contribution in [0.15, 0.2) is 40.0 Å². The number of rotatable bonds is 8. The number of hydrogen-bond donors (Lipinski definition) is 0. The van der Waals surface area contributed by atoms with Crippen molar-refractivity contribution in [2.45, 2.75) is 52.2 Å². The highest BCUT2D eigenvalue weighted by atomic mass is 32.2. The predicted molar refractivity (Wildman–Crippen MR) is 171 cm³/mol. The summed E-state index contributed by atoms with van der Waals surface area (Å²) in [5.41, 5.74) is 2.20. The Labute approximate surface area is 256 Å². The summed E-state index contributed by atoms with van der Waals surface area (Å²) in [7, 11) is -3.20. The molecule has 42 heavy (non-hydrogen) atoms. The number of nitriles is 1. The van der Waals surface area contributed by atoms with Gasteiger partial charge in [0, 0.05) is 44.8 Å². The zero-order chi connectivity index (χ0) is 30.0. The largest absolute Gasteiger partial charge is 0.355 e. The zero-order valence-corrected chi connectivity index (χ0v) is 26.4. The Bertz CT molecular complexity index is 1620. The van der Waals surface area contributed by atoms with Gasteiger partial charge >= 0.3 is 0 Å². The molecule has 5 rings (SSSR count). The first kappa shape index (κ1) is 30.5. The third kappa shape index (κ3) is 6.20. The molecule has 1 atom stereocenters. The standard InChI is InChI=1S/C30H35N5O4S3/c1-3-4-11-34-27(33-14-12-32(13-15-33)19-22-8-6-5-7-9-22)24(21(2)25(18-31)28(34)36)17-26-29(37)35(30(40)41-26)23-10-16-42(38,39)20-23/h5-9,17,23H,3-4,10-16,19-20H2,1-2H3/b26-17-. The van der Waals surface area contributed by atoms with Gasteiger partial charge in [-0.1, -0.05) is 67.7 Å². The van der Waals surface area contributed by atoms with Crippen LogP contribution in [0.5, 0.6) is 0 Å². The monoisotopic (exact) mass is 625 g/mol. The van der Waals surface area contributed by atoms with E-state index in [1.807, 2.05) is 18.2 Å². The Kier molecular flexibility index (Phi) is 9.23. The maximum absolute atomic E-state index is 13.6. The fourth-order valence-electron chi connectivity index (χ4n) is 5.87. The highest BCUT2D eigenvalue weighted by molar-refractivity contribution is 8.26. The molecule has 3 saturated heterocycles. The molecule has 2 aromatic rings. The maximum atomic E-state index is 13.6. The van der Waals surface area contributed by atoms with Crippen LogP contribution in [0.25, 0.3) is 6.08 Å². The fourth-order valence-corrected chi connectivity index (χ4v) is 8.95. The van der Waals surface area contributed by atoms with E-state index in [2.05, 4.69) is 34.9 Å². The lowest BCUT2D eigenvalue weighted by Crippen LogP contribution is -2.48. The van der Waals surface area contributed by atoms with E-state index >= 15 is 0 Å². The quantitative estimate of drug-likeness (QED) is 0.322. The summed E-state index contributed by atoms with van der Waals surface area (Å²) in [5, 5.41) is 9.98. The molecular weight excluding hydrogens is 591 g/mol. The van der Waals surface area contributed by atoms with Gasteiger partial charge in [-0.2, -0.15) is 5.26 Å². The van der Waals surface area contributed by atoms with E-state index in [1.54, 1.807) is 17.6 Å². The van der Waals surface area contributed by atoms with Crippen LogP contribution < -0.4 is 10.5 Å². The number of piperazine rings is 1. The second kappa shape index (κ2) is 12.7. The molecule has 4 heterocycles. The Morgan fingerprint density at radius 3 is 2.48 bits per heavy atom. The lowest BCUT2D eigenvalue weighted by atomic mass is 10.0. The average Bonchev–Trinajstić information content (AvgIpc) is 3.46. The number of aromatic nitrogens is 1. The number of sulfone groups is 1. The Balaban J connectivity index is 1.52. The summed E-state index contributed by atoms with van der Waals surface area (Å²) < 4.78 is 26.3. The molecule has 3 aliphatic heterocycles. The topological polar surface area (TPSA) is 107 Å². The van der Waals surface area contributed by atoms with Crippen molar-refractivity contribution in [1.29, 1.82) is 5.26 Å². The molecule has 1 aromatic carbocycles. The summed E-state index contributed by atoms with van der Waals surface area (Å²) in [6.45, 7) is 8.09. The molecule has 0 N–H and O–H groups in total. The molecule has 3 aliphatic rings. The first-order valence-electron chi connectivity index (χ1n) is 14.3. The summed E-state index contributed by atoms with van der Waals surface area (Å²) in [4.78, 5) is 33.6. The third-order valence-corrected chi connectivity index (χ3v) is 11.3. The van der Waals surface area contributed by atoms with Gasteiger partial charge in [-0.25, -0.2) is 8.42 Å². The van der Waals surface area contributed by atoms with E-state index in [0.717, 1.165) is 50.1 Å². The van der Waals surface area contributed by atoms with Crippen LogP contribution in [0, 0.1) is 18.3 Å². The normalized spacial score (nSPS) is 21.8. The molecule has 3 fully saturated rings. The highest BCUT2D eigenvalue weighted by Crippen LogP contribution is 2.38. The van der Waals surface area contributed by atoms with Gasteiger partial charge in [0.1, 0.15) is 21.8 Å². The van der Waals surface area contributed by atoms with E-state index in [0.29, 0.717) is 46.4 Å². The summed E-state index contributed by atoms with van der Waals surface area (Å²) >= 11 is 6.69. The number of amides is 1. The smallest absolute Gasteiger partial charge is 0.270 e. The molecule has 1 unspecified atom stereocenters. The molecule has 0 aliphatic carbocycles. The summed E-state index contributed by atoms with van der Waals surface area (Å²) in [6.07, 6.45) is 3.77. The van der Waals surface area contributed by atoms with Gasteiger partial charge in [0.25, 0.3) is 11.5 Å². The minimum absolute atomic E-state index is 0.0429. The average molecular weight is 626 g/mol. The second-order valence-corrected chi connectivity index (χ2v) is 14.9. The number of thioether (sulfide) groups is 1. The minimum atomic E-state index is -3.20. The SMILES string of the molecule is CCCCn1c(N2CCN(Cc3ccccc3)CC2)c(/C=C2\SC(=S)N(C3CCS(=O)(=O)C3)C2=O)c(C)c(C#N)c1=O. The molecule has 0 saturated carbocycles. The zero-order valence-electron chi connectivity index (χ0n) is 23.9.